The monoisotopic (exact) mass is 463 g/mol. The molecule has 0 N–H and O–H groups in total. The highest BCUT2D eigenvalue weighted by Crippen LogP contribution is 2.31. The summed E-state index contributed by atoms with van der Waals surface area (Å²) >= 11 is 0. The normalized spacial score (nSPS) is 20.6. The quantitative estimate of drug-likeness (QED) is 0.547. The molecule has 0 bridgehead atoms. The molecule has 34 heavy (non-hydrogen) atoms. The van der Waals surface area contributed by atoms with Crippen LogP contribution in [0.15, 0.2) is 30.9 Å². The Morgan fingerprint density at radius 2 is 2.15 bits per heavy atom. The fourth-order valence-electron chi connectivity index (χ4n) is 4.47. The Balaban J connectivity index is 1.19. The summed E-state index contributed by atoms with van der Waals surface area (Å²) in [4.78, 5) is 25.6. The van der Waals surface area contributed by atoms with Crippen molar-refractivity contribution in [3.63, 3.8) is 0 Å². The van der Waals surface area contributed by atoms with Gasteiger partial charge in [0.1, 0.15) is 18.2 Å². The molecular weight excluding hydrogens is 441 g/mol. The van der Waals surface area contributed by atoms with Gasteiger partial charge in [0.15, 0.2) is 5.82 Å². The van der Waals surface area contributed by atoms with Crippen LogP contribution in [-0.2, 0) is 16.0 Å². The highest BCUT2D eigenvalue weighted by atomic mass is 19.1. The van der Waals surface area contributed by atoms with E-state index in [-0.39, 0.29) is 30.0 Å². The van der Waals surface area contributed by atoms with Crippen molar-refractivity contribution in [1.82, 2.24) is 40.0 Å². The first-order valence-electron chi connectivity index (χ1n) is 10.9. The van der Waals surface area contributed by atoms with Crippen molar-refractivity contribution < 1.29 is 13.9 Å². The molecule has 4 heterocycles. The van der Waals surface area contributed by atoms with Crippen molar-refractivity contribution in [2.24, 2.45) is 0 Å². The fraction of sp³-hybridized carbons (Fsp3) is 0.409. The third-order valence-corrected chi connectivity index (χ3v) is 6.37. The molecule has 174 valence electrons. The zero-order valence-electron chi connectivity index (χ0n) is 18.5. The van der Waals surface area contributed by atoms with E-state index in [0.717, 1.165) is 5.56 Å². The van der Waals surface area contributed by atoms with Crippen LogP contribution >= 0.6 is 0 Å². The molecular formula is C22H22FN9O2. The van der Waals surface area contributed by atoms with Gasteiger partial charge in [0.25, 0.3) is 0 Å². The van der Waals surface area contributed by atoms with Gasteiger partial charge >= 0.3 is 0 Å². The number of nitrogens with zero attached hydrogens (tertiary/aromatic N) is 9. The minimum atomic E-state index is -0.515. The third kappa shape index (κ3) is 4.23. The molecule has 5 rings (SSSR count). The van der Waals surface area contributed by atoms with Gasteiger partial charge in [-0.15, -0.1) is 5.10 Å². The summed E-state index contributed by atoms with van der Waals surface area (Å²) in [5.74, 6) is -0.0550. The molecule has 0 saturated carbocycles. The number of carbonyl (C=O) groups excluding carboxylic acids is 1. The van der Waals surface area contributed by atoms with Crippen molar-refractivity contribution in [3.8, 4) is 11.9 Å². The minimum Gasteiger partial charge on any atom is -0.370 e. The lowest BCUT2D eigenvalue weighted by Crippen LogP contribution is -2.59. The van der Waals surface area contributed by atoms with E-state index < -0.39 is 5.82 Å². The third-order valence-electron chi connectivity index (χ3n) is 6.37. The number of aromatic nitrogens is 6. The summed E-state index contributed by atoms with van der Waals surface area (Å²) in [6.45, 7) is 4.71. The summed E-state index contributed by atoms with van der Waals surface area (Å²) in [7, 11) is 0. The van der Waals surface area contributed by atoms with Gasteiger partial charge in [0.05, 0.1) is 48.8 Å². The van der Waals surface area contributed by atoms with Crippen LogP contribution in [0.2, 0.25) is 0 Å². The van der Waals surface area contributed by atoms with E-state index in [1.165, 1.54) is 23.3 Å². The molecule has 1 amide bonds. The summed E-state index contributed by atoms with van der Waals surface area (Å²) < 4.78 is 21.4. The Bertz CT molecular complexity index is 1230. The Morgan fingerprint density at radius 1 is 1.26 bits per heavy atom. The van der Waals surface area contributed by atoms with Gasteiger partial charge in [-0.1, -0.05) is 6.07 Å². The number of rotatable bonds is 4. The average molecular weight is 463 g/mol. The van der Waals surface area contributed by atoms with Crippen LogP contribution in [0.3, 0.4) is 0 Å². The summed E-state index contributed by atoms with van der Waals surface area (Å²) in [6.07, 6.45) is 4.43. The smallest absolute Gasteiger partial charge is 0.228 e. The lowest BCUT2D eigenvalue weighted by molar-refractivity contribution is -0.139. The Kier molecular flexibility index (Phi) is 5.95. The minimum absolute atomic E-state index is 0.0145. The number of benzene rings is 1. The largest absolute Gasteiger partial charge is 0.370 e. The van der Waals surface area contributed by atoms with Crippen LogP contribution in [0.25, 0.3) is 5.82 Å². The number of amides is 1. The second kappa shape index (κ2) is 9.20. The van der Waals surface area contributed by atoms with Crippen LogP contribution in [0, 0.1) is 24.1 Å². The van der Waals surface area contributed by atoms with E-state index in [9.17, 15) is 14.4 Å². The van der Waals surface area contributed by atoms with Gasteiger partial charge in [-0.05, 0) is 34.5 Å². The molecule has 1 aromatic carbocycles. The topological polar surface area (TPSA) is 126 Å². The molecule has 11 nitrogen and oxygen atoms in total. The molecule has 2 atom stereocenters. The molecule has 12 heteroatoms. The van der Waals surface area contributed by atoms with E-state index in [1.54, 1.807) is 19.2 Å². The van der Waals surface area contributed by atoms with Crippen molar-refractivity contribution >= 4 is 5.91 Å². The first-order chi connectivity index (χ1) is 16.5. The number of morpholine rings is 1. The molecule has 2 aliphatic rings. The van der Waals surface area contributed by atoms with Gasteiger partial charge < -0.3 is 9.64 Å². The molecule has 0 unspecified atom stereocenters. The SMILES string of the molecule is Cc1c([C@H]2CN3CCN(C(=O)Cc4cnc(-n5cnnn5)cn4)C[C@H]3CO2)ccc(F)c1C#N. The molecule has 0 aliphatic carbocycles. The number of piperazine rings is 1. The van der Waals surface area contributed by atoms with E-state index in [0.29, 0.717) is 49.9 Å². The maximum atomic E-state index is 13.9. The highest BCUT2D eigenvalue weighted by molar-refractivity contribution is 5.78. The fourth-order valence-corrected chi connectivity index (χ4v) is 4.47. The Labute approximate surface area is 194 Å². The molecule has 2 aromatic heterocycles. The van der Waals surface area contributed by atoms with Crippen molar-refractivity contribution in [3.05, 3.63) is 59.1 Å². The van der Waals surface area contributed by atoms with E-state index in [1.807, 2.05) is 11.0 Å². The van der Waals surface area contributed by atoms with Gasteiger partial charge in [0.2, 0.25) is 5.91 Å². The predicted octanol–water partition coefficient (Wildman–Crippen LogP) is 0.598. The molecule has 2 fully saturated rings. The summed E-state index contributed by atoms with van der Waals surface area (Å²) in [6, 6.07) is 5.04. The summed E-state index contributed by atoms with van der Waals surface area (Å²) in [5.41, 5.74) is 2.09. The zero-order chi connectivity index (χ0) is 23.7. The first kappa shape index (κ1) is 22.0. The number of hydrogen-bond acceptors (Lipinski definition) is 9. The van der Waals surface area contributed by atoms with Crippen molar-refractivity contribution in [2.45, 2.75) is 25.5 Å². The van der Waals surface area contributed by atoms with E-state index in [2.05, 4.69) is 30.4 Å². The van der Waals surface area contributed by atoms with Crippen LogP contribution in [-0.4, -0.2) is 84.7 Å². The second-order valence-electron chi connectivity index (χ2n) is 8.36. The van der Waals surface area contributed by atoms with E-state index >= 15 is 0 Å². The number of hydrogen-bond donors (Lipinski definition) is 0. The number of carbonyl (C=O) groups is 1. The average Bonchev–Trinajstić information content (AvgIpc) is 3.39. The molecule has 0 radical (unpaired) electrons. The lowest BCUT2D eigenvalue weighted by atomic mass is 9.96. The van der Waals surface area contributed by atoms with Gasteiger partial charge in [-0.3, -0.25) is 14.7 Å². The predicted molar refractivity (Wildman–Crippen MR) is 115 cm³/mol. The molecule has 0 spiro atoms. The molecule has 3 aromatic rings. The van der Waals surface area contributed by atoms with E-state index in [4.69, 9.17) is 4.74 Å². The standard InChI is InChI=1S/C22H22FN9O2/c1-14-17(2-3-19(23)18(14)7-24)20-11-30-4-5-31(10-16(30)12-34-20)22(33)6-15-8-26-21(9-25-15)32-13-27-28-29-32/h2-3,8-9,13,16,20H,4-6,10-12H2,1H3/t16-,20+/m0/s1. The van der Waals surface area contributed by atoms with Crippen LogP contribution in [0.5, 0.6) is 0 Å². The van der Waals surface area contributed by atoms with Crippen LogP contribution in [0.4, 0.5) is 4.39 Å². The lowest BCUT2D eigenvalue weighted by Gasteiger charge is -2.46. The Hall–Kier alpha value is -3.82. The number of tetrazole rings is 1. The molecule has 2 saturated heterocycles. The number of nitriles is 1. The maximum Gasteiger partial charge on any atom is 0.228 e. The van der Waals surface area contributed by atoms with Gasteiger partial charge in [-0.2, -0.15) is 9.94 Å². The van der Waals surface area contributed by atoms with Crippen LogP contribution in [0.1, 0.15) is 28.5 Å². The number of halogens is 1. The van der Waals surface area contributed by atoms with Crippen LogP contribution < -0.4 is 0 Å². The highest BCUT2D eigenvalue weighted by Gasteiger charge is 2.36. The maximum absolute atomic E-state index is 13.9. The van der Waals surface area contributed by atoms with Crippen molar-refractivity contribution in [1.29, 1.82) is 5.26 Å². The summed E-state index contributed by atoms with van der Waals surface area (Å²) in [5, 5.41) is 20.1. The Morgan fingerprint density at radius 3 is 2.88 bits per heavy atom. The number of fused-ring (bicyclic) bond motifs is 1. The molecule has 2 aliphatic heterocycles. The zero-order valence-corrected chi connectivity index (χ0v) is 18.5. The van der Waals surface area contributed by atoms with Gasteiger partial charge in [-0.25, -0.2) is 9.37 Å². The van der Waals surface area contributed by atoms with Gasteiger partial charge in [0, 0.05) is 26.2 Å². The first-order valence-corrected chi connectivity index (χ1v) is 10.9. The van der Waals surface area contributed by atoms with Crippen molar-refractivity contribution in [2.75, 3.05) is 32.8 Å². The second-order valence-corrected chi connectivity index (χ2v) is 8.36. The number of ether oxygens (including phenoxy) is 1.